The van der Waals surface area contributed by atoms with E-state index < -0.39 is 0 Å². The van der Waals surface area contributed by atoms with Gasteiger partial charge in [0.05, 0.1) is 6.61 Å². The molecule has 6 heteroatoms. The highest BCUT2D eigenvalue weighted by molar-refractivity contribution is 5.78. The van der Waals surface area contributed by atoms with Gasteiger partial charge >= 0.3 is 11.7 Å². The Morgan fingerprint density at radius 3 is 3.20 bits per heavy atom. The van der Waals surface area contributed by atoms with Crippen LogP contribution in [0.25, 0.3) is 11.2 Å². The molecule has 0 unspecified atom stereocenters. The number of unbranched alkanes of at least 4 members (excludes halogenated alkanes) is 1. The van der Waals surface area contributed by atoms with Crippen molar-refractivity contribution in [3.05, 3.63) is 6.33 Å². The lowest BCUT2D eigenvalue weighted by atomic mass is 10.4. The number of H-pyrrole nitrogens is 2. The molecular formula is C9H14N5O+. The molecule has 80 valence electrons. The monoisotopic (exact) mass is 208 g/mol. The Kier molecular flexibility index (Phi) is 2.66. The maximum absolute atomic E-state index is 5.72. The van der Waals surface area contributed by atoms with Crippen molar-refractivity contribution < 1.29 is 9.72 Å². The van der Waals surface area contributed by atoms with Crippen molar-refractivity contribution in [3.63, 3.8) is 0 Å². The molecule has 0 radical (unpaired) electrons. The molecule has 6 nitrogen and oxygen atoms in total. The van der Waals surface area contributed by atoms with Gasteiger partial charge in [-0.1, -0.05) is 13.3 Å². The molecule has 0 aliphatic carbocycles. The highest BCUT2D eigenvalue weighted by atomic mass is 16.5. The average Bonchev–Trinajstić information content (AvgIpc) is 2.66. The molecule has 2 rings (SSSR count). The Balaban J connectivity index is 2.21. The molecule has 0 fully saturated rings. The Bertz CT molecular complexity index is 453. The first kappa shape index (κ1) is 9.70. The normalized spacial score (nSPS) is 10.7. The largest absolute Gasteiger partial charge is 0.451 e. The van der Waals surface area contributed by atoms with Gasteiger partial charge in [0.15, 0.2) is 12.1 Å². The predicted octanol–water partition coefficient (Wildman–Crippen LogP) is 0.533. The van der Waals surface area contributed by atoms with Crippen molar-refractivity contribution in [1.82, 2.24) is 15.0 Å². The fraction of sp³-hybridized carbons (Fsp3) is 0.444. The van der Waals surface area contributed by atoms with Crippen LogP contribution >= 0.6 is 0 Å². The lowest BCUT2D eigenvalue weighted by molar-refractivity contribution is -0.347. The Morgan fingerprint density at radius 2 is 2.40 bits per heavy atom. The summed E-state index contributed by atoms with van der Waals surface area (Å²) in [5, 5.41) is 0. The van der Waals surface area contributed by atoms with Crippen LogP contribution in [0, 0.1) is 0 Å². The van der Waals surface area contributed by atoms with Gasteiger partial charge in [0.25, 0.3) is 0 Å². The van der Waals surface area contributed by atoms with Crippen LogP contribution in [0.4, 0.5) is 5.82 Å². The van der Waals surface area contributed by atoms with E-state index in [1.807, 2.05) is 0 Å². The van der Waals surface area contributed by atoms with Crippen molar-refractivity contribution in [2.45, 2.75) is 19.8 Å². The Labute approximate surface area is 86.9 Å². The Hall–Kier alpha value is -1.85. The third kappa shape index (κ3) is 1.98. The van der Waals surface area contributed by atoms with Gasteiger partial charge in [0.2, 0.25) is 5.52 Å². The molecule has 0 saturated carbocycles. The number of hydrogen-bond acceptors (Lipinski definition) is 4. The van der Waals surface area contributed by atoms with Crippen LogP contribution in [0.1, 0.15) is 19.8 Å². The first-order chi connectivity index (χ1) is 7.31. The van der Waals surface area contributed by atoms with Crippen LogP contribution in [0.5, 0.6) is 6.01 Å². The summed E-state index contributed by atoms with van der Waals surface area (Å²) >= 11 is 0. The van der Waals surface area contributed by atoms with E-state index in [-0.39, 0.29) is 0 Å². The van der Waals surface area contributed by atoms with E-state index in [0.717, 1.165) is 12.8 Å². The summed E-state index contributed by atoms with van der Waals surface area (Å²) < 4.78 is 5.37. The minimum Gasteiger partial charge on any atom is -0.451 e. The zero-order chi connectivity index (χ0) is 10.7. The first-order valence-electron chi connectivity index (χ1n) is 4.96. The minimum atomic E-state index is 0.323. The molecule has 4 N–H and O–H groups in total. The van der Waals surface area contributed by atoms with E-state index in [1.54, 1.807) is 6.33 Å². The van der Waals surface area contributed by atoms with E-state index in [1.165, 1.54) is 0 Å². The molecule has 0 bridgehead atoms. The van der Waals surface area contributed by atoms with Gasteiger partial charge in [-0.3, -0.25) is 4.98 Å². The second-order valence-corrected chi connectivity index (χ2v) is 3.25. The standard InChI is InChI=1S/C9H13N5O/c1-2-3-4-15-9-13-7(10)6-8(14-9)12-5-11-6/h5H,2-4H2,1H3,(H3,10,11,12,13,14)/p+1. The number of imidazole rings is 1. The fourth-order valence-electron chi connectivity index (χ4n) is 1.25. The van der Waals surface area contributed by atoms with Crippen LogP contribution in [-0.2, 0) is 0 Å². The molecule has 0 saturated heterocycles. The number of nitrogens with one attached hydrogen (secondary N) is 2. The van der Waals surface area contributed by atoms with Gasteiger partial charge in [-0.05, 0) is 11.4 Å². The molecule has 0 amide bonds. The summed E-state index contributed by atoms with van der Waals surface area (Å²) in [7, 11) is 0. The first-order valence-corrected chi connectivity index (χ1v) is 4.96. The van der Waals surface area contributed by atoms with E-state index >= 15 is 0 Å². The number of nitrogens with two attached hydrogens (primary N) is 1. The molecule has 0 aliphatic rings. The third-order valence-corrected chi connectivity index (χ3v) is 2.07. The highest BCUT2D eigenvalue weighted by Crippen LogP contribution is 2.14. The van der Waals surface area contributed by atoms with E-state index in [2.05, 4.69) is 26.9 Å². The molecule has 0 aromatic carbocycles. The molecule has 2 aromatic heterocycles. The average molecular weight is 208 g/mol. The number of nitrogen functional groups attached to an aromatic ring is 1. The van der Waals surface area contributed by atoms with E-state index in [9.17, 15) is 0 Å². The topological polar surface area (TPSA) is 91.0 Å². The maximum atomic E-state index is 5.72. The quantitative estimate of drug-likeness (QED) is 0.717. The predicted molar refractivity (Wildman–Crippen MR) is 55.3 cm³/mol. The van der Waals surface area contributed by atoms with Crippen molar-refractivity contribution in [1.29, 1.82) is 0 Å². The number of hydrogen-bond donors (Lipinski definition) is 2. The van der Waals surface area contributed by atoms with Crippen LogP contribution < -0.4 is 15.5 Å². The number of aromatic nitrogens is 4. The lowest BCUT2D eigenvalue weighted by Crippen LogP contribution is -2.06. The van der Waals surface area contributed by atoms with Crippen molar-refractivity contribution >= 4 is 17.0 Å². The molecule has 2 heterocycles. The summed E-state index contributed by atoms with van der Waals surface area (Å²) in [5.41, 5.74) is 7.09. The molecule has 15 heavy (non-hydrogen) atoms. The van der Waals surface area contributed by atoms with E-state index in [4.69, 9.17) is 10.5 Å². The van der Waals surface area contributed by atoms with Gasteiger partial charge in [0, 0.05) is 0 Å². The van der Waals surface area contributed by atoms with Crippen molar-refractivity contribution in [3.8, 4) is 6.01 Å². The Morgan fingerprint density at radius 1 is 1.53 bits per heavy atom. The zero-order valence-corrected chi connectivity index (χ0v) is 8.58. The summed E-state index contributed by atoms with van der Waals surface area (Å²) in [4.78, 5) is 14.1. The second kappa shape index (κ2) is 4.12. The summed E-state index contributed by atoms with van der Waals surface area (Å²) in [6.45, 7) is 2.72. The number of fused-ring (bicyclic) bond motifs is 1. The molecule has 0 aliphatic heterocycles. The number of ether oxygens (including phenoxy) is 1. The van der Waals surface area contributed by atoms with Crippen LogP contribution in [0.3, 0.4) is 0 Å². The van der Waals surface area contributed by atoms with Gasteiger partial charge < -0.3 is 10.5 Å². The van der Waals surface area contributed by atoms with Gasteiger partial charge in [-0.25, -0.2) is 4.98 Å². The summed E-state index contributed by atoms with van der Waals surface area (Å²) in [6, 6.07) is 0.323. The lowest BCUT2D eigenvalue weighted by Gasteiger charge is -1.99. The SMILES string of the molecule is CCCCOc1nc(N)c2[nH]c[nH+]c2n1. The smallest absolute Gasteiger partial charge is 0.397 e. The number of nitrogens with zero attached hydrogens (tertiary/aromatic N) is 2. The van der Waals surface area contributed by atoms with Crippen LogP contribution in [0.2, 0.25) is 0 Å². The van der Waals surface area contributed by atoms with Gasteiger partial charge in [0.1, 0.15) is 0 Å². The van der Waals surface area contributed by atoms with Crippen molar-refractivity contribution in [2.75, 3.05) is 12.3 Å². The number of aromatic amines is 2. The van der Waals surface area contributed by atoms with E-state index in [0.29, 0.717) is 29.6 Å². The second-order valence-electron chi connectivity index (χ2n) is 3.25. The van der Waals surface area contributed by atoms with Crippen LogP contribution in [0.15, 0.2) is 6.33 Å². The molecule has 2 aromatic rings. The highest BCUT2D eigenvalue weighted by Gasteiger charge is 2.13. The fourth-order valence-corrected chi connectivity index (χ4v) is 1.25. The maximum Gasteiger partial charge on any atom is 0.397 e. The number of rotatable bonds is 4. The molecule has 0 spiro atoms. The minimum absolute atomic E-state index is 0.323. The van der Waals surface area contributed by atoms with Gasteiger partial charge in [-0.15, -0.1) is 0 Å². The molecular weight excluding hydrogens is 194 g/mol. The zero-order valence-electron chi connectivity index (χ0n) is 8.58. The van der Waals surface area contributed by atoms with Crippen LogP contribution in [-0.4, -0.2) is 21.6 Å². The number of anilines is 1. The summed E-state index contributed by atoms with van der Waals surface area (Å²) in [5.74, 6) is 0.396. The van der Waals surface area contributed by atoms with Crippen molar-refractivity contribution in [2.24, 2.45) is 0 Å². The summed E-state index contributed by atoms with van der Waals surface area (Å²) in [6.07, 6.45) is 3.72. The van der Waals surface area contributed by atoms with Gasteiger partial charge in [-0.2, -0.15) is 4.98 Å². The molecule has 0 atom stereocenters. The third-order valence-electron chi connectivity index (χ3n) is 2.07.